The Morgan fingerprint density at radius 2 is 1.80 bits per heavy atom. The van der Waals surface area contributed by atoms with Crippen molar-refractivity contribution in [3.8, 4) is 0 Å². The lowest BCUT2D eigenvalue weighted by atomic mass is 10.1. The van der Waals surface area contributed by atoms with Crippen LogP contribution in [0.15, 0.2) is 24.3 Å². The first kappa shape index (κ1) is 23.5. The Morgan fingerprint density at radius 3 is 2.40 bits per heavy atom. The van der Waals surface area contributed by atoms with Crippen molar-refractivity contribution in [1.82, 2.24) is 5.32 Å². The Bertz CT molecular complexity index is 565. The van der Waals surface area contributed by atoms with Crippen LogP contribution in [0.2, 0.25) is 0 Å². The number of hydrogen-bond donors (Lipinski definition) is 3. The molecule has 4 N–H and O–H groups in total. The second-order valence-corrected chi connectivity index (χ2v) is 6.10. The van der Waals surface area contributed by atoms with Crippen LogP contribution in [0.25, 0.3) is 0 Å². The van der Waals surface area contributed by atoms with Gasteiger partial charge in [-0.25, -0.2) is 0 Å². The second kappa shape index (κ2) is 11.2. The van der Waals surface area contributed by atoms with Crippen LogP contribution in [0, 0.1) is 5.92 Å². The minimum atomic E-state index is -0.605. The van der Waals surface area contributed by atoms with E-state index < -0.39 is 6.04 Å². The summed E-state index contributed by atoms with van der Waals surface area (Å²) in [6.45, 7) is 5.78. The molecule has 0 aromatic heterocycles. The molecule has 1 fully saturated rings. The van der Waals surface area contributed by atoms with E-state index in [1.807, 2.05) is 18.2 Å². The van der Waals surface area contributed by atoms with Crippen LogP contribution in [0.4, 0.5) is 11.4 Å². The van der Waals surface area contributed by atoms with E-state index in [1.54, 1.807) is 13.8 Å². The van der Waals surface area contributed by atoms with Crippen LogP contribution in [0.5, 0.6) is 0 Å². The lowest BCUT2D eigenvalue weighted by molar-refractivity contribution is -0.128. The maximum absolute atomic E-state index is 12.2. The monoisotopic (exact) mass is 390 g/mol. The summed E-state index contributed by atoms with van der Waals surface area (Å²) in [5.74, 6) is -0.745. The number of rotatable bonds is 6. The molecule has 1 aromatic rings. The molecule has 8 heteroatoms. The molecule has 1 aromatic carbocycles. The van der Waals surface area contributed by atoms with Gasteiger partial charge in [0.05, 0.1) is 0 Å². The number of nitrogens with one attached hydrogen (secondary N) is 2. The largest absolute Gasteiger partial charge is 0.371 e. The molecule has 6 nitrogen and oxygen atoms in total. The number of amides is 2. The molecule has 2 atom stereocenters. The molecule has 0 bridgehead atoms. The molecule has 1 saturated heterocycles. The van der Waals surface area contributed by atoms with Gasteiger partial charge in [-0.2, -0.15) is 0 Å². The van der Waals surface area contributed by atoms with Gasteiger partial charge in [-0.3, -0.25) is 9.59 Å². The van der Waals surface area contributed by atoms with E-state index >= 15 is 0 Å². The third kappa shape index (κ3) is 6.72. The van der Waals surface area contributed by atoms with Crippen molar-refractivity contribution < 1.29 is 9.59 Å². The summed E-state index contributed by atoms with van der Waals surface area (Å²) in [6, 6.07) is 7.21. The Kier molecular flexibility index (Phi) is 10.5. The van der Waals surface area contributed by atoms with Crippen molar-refractivity contribution in [2.24, 2.45) is 11.7 Å². The van der Waals surface area contributed by atoms with Gasteiger partial charge >= 0.3 is 0 Å². The number of carbonyl (C=O) groups excluding carboxylic acids is 2. The fraction of sp³-hybridized carbons (Fsp3) is 0.529. The van der Waals surface area contributed by atoms with Crippen molar-refractivity contribution in [3.63, 3.8) is 0 Å². The highest BCUT2D eigenvalue weighted by molar-refractivity contribution is 5.97. The summed E-state index contributed by atoms with van der Waals surface area (Å²) in [6.07, 6.45) is 2.41. The average molecular weight is 391 g/mol. The highest BCUT2D eigenvalue weighted by Gasteiger charge is 2.19. The van der Waals surface area contributed by atoms with Gasteiger partial charge in [0.25, 0.3) is 0 Å². The summed E-state index contributed by atoms with van der Waals surface area (Å²) in [5.41, 5.74) is 7.32. The zero-order valence-corrected chi connectivity index (χ0v) is 16.3. The maximum atomic E-state index is 12.2. The smallest absolute Gasteiger partial charge is 0.246 e. The topological polar surface area (TPSA) is 87.5 Å². The van der Waals surface area contributed by atoms with E-state index in [1.165, 1.54) is 12.8 Å². The predicted octanol–water partition coefficient (Wildman–Crippen LogP) is 2.17. The number of halogens is 2. The molecule has 2 rings (SSSR count). The molecule has 142 valence electrons. The van der Waals surface area contributed by atoms with Crippen LogP contribution in [-0.2, 0) is 9.59 Å². The number of benzene rings is 1. The summed E-state index contributed by atoms with van der Waals surface area (Å²) >= 11 is 0. The fourth-order valence-corrected chi connectivity index (χ4v) is 2.53. The van der Waals surface area contributed by atoms with Crippen LogP contribution in [0.3, 0.4) is 0 Å². The number of nitrogens with two attached hydrogens (primary N) is 1. The first-order valence-electron chi connectivity index (χ1n) is 8.17. The number of hydrogen-bond acceptors (Lipinski definition) is 4. The summed E-state index contributed by atoms with van der Waals surface area (Å²) in [4.78, 5) is 26.3. The predicted molar refractivity (Wildman–Crippen MR) is 107 cm³/mol. The molecule has 1 heterocycles. The van der Waals surface area contributed by atoms with E-state index in [9.17, 15) is 9.59 Å². The Hall–Kier alpha value is -1.50. The SMILES string of the molecule is CC(CN)C(=O)NC(C)C(=O)Nc1cccc(N2CCCC2)c1.Cl.Cl. The van der Waals surface area contributed by atoms with Gasteiger partial charge in [0, 0.05) is 36.9 Å². The highest BCUT2D eigenvalue weighted by atomic mass is 35.5. The average Bonchev–Trinajstić information content (AvgIpc) is 3.08. The van der Waals surface area contributed by atoms with E-state index in [2.05, 4.69) is 21.6 Å². The first-order chi connectivity index (χ1) is 11.0. The molecule has 0 spiro atoms. The van der Waals surface area contributed by atoms with Crippen molar-refractivity contribution >= 4 is 48.0 Å². The quantitative estimate of drug-likeness (QED) is 0.694. The van der Waals surface area contributed by atoms with E-state index in [-0.39, 0.29) is 49.1 Å². The molecule has 2 unspecified atom stereocenters. The second-order valence-electron chi connectivity index (χ2n) is 6.10. The molecule has 1 aliphatic heterocycles. The van der Waals surface area contributed by atoms with E-state index in [4.69, 9.17) is 5.73 Å². The normalized spacial score (nSPS) is 15.4. The van der Waals surface area contributed by atoms with Crippen LogP contribution in [-0.4, -0.2) is 37.5 Å². The first-order valence-corrected chi connectivity index (χ1v) is 8.17. The highest BCUT2D eigenvalue weighted by Crippen LogP contribution is 2.23. The van der Waals surface area contributed by atoms with Crippen molar-refractivity contribution in [2.75, 3.05) is 29.9 Å². The maximum Gasteiger partial charge on any atom is 0.246 e. The molecule has 25 heavy (non-hydrogen) atoms. The van der Waals surface area contributed by atoms with E-state index in [0.29, 0.717) is 0 Å². The third-order valence-electron chi connectivity index (χ3n) is 4.14. The Balaban J connectivity index is 0.00000288. The van der Waals surface area contributed by atoms with Gasteiger partial charge in [-0.15, -0.1) is 24.8 Å². The van der Waals surface area contributed by atoms with Gasteiger partial charge in [-0.05, 0) is 38.0 Å². The minimum absolute atomic E-state index is 0. The van der Waals surface area contributed by atoms with Gasteiger partial charge in [-0.1, -0.05) is 13.0 Å². The number of nitrogens with zero attached hydrogens (tertiary/aromatic N) is 1. The van der Waals surface area contributed by atoms with Gasteiger partial charge in [0.15, 0.2) is 0 Å². The molecular weight excluding hydrogens is 363 g/mol. The van der Waals surface area contributed by atoms with Gasteiger partial charge < -0.3 is 21.3 Å². The van der Waals surface area contributed by atoms with Gasteiger partial charge in [0.2, 0.25) is 11.8 Å². The van der Waals surface area contributed by atoms with Crippen LogP contribution >= 0.6 is 24.8 Å². The van der Waals surface area contributed by atoms with Crippen molar-refractivity contribution in [3.05, 3.63) is 24.3 Å². The molecule has 0 saturated carbocycles. The summed E-state index contributed by atoms with van der Waals surface area (Å²) < 4.78 is 0. The standard InChI is InChI=1S/C17H26N4O2.2ClH/c1-12(11-18)16(22)19-13(2)17(23)20-14-6-5-7-15(10-14)21-8-3-4-9-21;;/h5-7,10,12-13H,3-4,8-9,11,18H2,1-2H3,(H,19,22)(H,20,23);2*1H. The summed E-state index contributed by atoms with van der Waals surface area (Å²) in [7, 11) is 0. The van der Waals surface area contributed by atoms with Crippen LogP contribution < -0.4 is 21.3 Å². The lowest BCUT2D eigenvalue weighted by Gasteiger charge is -2.20. The van der Waals surface area contributed by atoms with Crippen LogP contribution in [0.1, 0.15) is 26.7 Å². The third-order valence-corrected chi connectivity index (χ3v) is 4.14. The molecule has 2 amide bonds. The molecular formula is C17H28Cl2N4O2. The van der Waals surface area contributed by atoms with E-state index in [0.717, 1.165) is 24.5 Å². The number of carbonyl (C=O) groups is 2. The summed E-state index contributed by atoms with van der Waals surface area (Å²) in [5, 5.41) is 5.54. The fourth-order valence-electron chi connectivity index (χ4n) is 2.53. The Morgan fingerprint density at radius 1 is 1.16 bits per heavy atom. The van der Waals surface area contributed by atoms with Crippen molar-refractivity contribution in [1.29, 1.82) is 0 Å². The molecule has 0 radical (unpaired) electrons. The zero-order chi connectivity index (χ0) is 16.8. The van der Waals surface area contributed by atoms with Crippen molar-refractivity contribution in [2.45, 2.75) is 32.7 Å². The van der Waals surface area contributed by atoms with Gasteiger partial charge in [0.1, 0.15) is 6.04 Å². The zero-order valence-electron chi connectivity index (χ0n) is 14.7. The molecule has 1 aliphatic rings. The lowest BCUT2D eigenvalue weighted by Crippen LogP contribution is -2.45. The molecule has 0 aliphatic carbocycles. The minimum Gasteiger partial charge on any atom is -0.371 e. The Labute approximate surface area is 161 Å². The number of anilines is 2.